The number of aliphatic hydroxyl groups excluding tert-OH is 1. The summed E-state index contributed by atoms with van der Waals surface area (Å²) in [6, 6.07) is 0. The first-order valence-corrected chi connectivity index (χ1v) is 6.52. The van der Waals surface area contributed by atoms with Crippen LogP contribution in [0.1, 0.15) is 45.7 Å². The molecular weight excluding hydrogens is 248 g/mol. The van der Waals surface area contributed by atoms with E-state index >= 15 is 0 Å². The summed E-state index contributed by atoms with van der Waals surface area (Å²) >= 11 is 0. The first kappa shape index (κ1) is 12.6. The Balaban J connectivity index is 2.22. The van der Waals surface area contributed by atoms with Gasteiger partial charge in [-0.05, 0) is 13.3 Å². The van der Waals surface area contributed by atoms with Crippen LogP contribution in [0.2, 0.25) is 0 Å². The van der Waals surface area contributed by atoms with Crippen LogP contribution >= 0.6 is 0 Å². The van der Waals surface area contributed by atoms with E-state index in [1.54, 1.807) is 6.92 Å². The van der Waals surface area contributed by atoms with Gasteiger partial charge in [-0.2, -0.15) is 0 Å². The van der Waals surface area contributed by atoms with Crippen molar-refractivity contribution in [2.24, 2.45) is 0 Å². The van der Waals surface area contributed by atoms with E-state index in [9.17, 15) is 14.7 Å². The number of nitrogens with one attached hydrogen (secondary N) is 1. The maximum Gasteiger partial charge on any atom is 0.330 e. The lowest BCUT2D eigenvalue weighted by atomic mass is 10.1. The molecule has 106 valence electrons. The zero-order valence-electron chi connectivity index (χ0n) is 12.1. The second-order valence-electron chi connectivity index (χ2n) is 4.86. The number of nitrogens with zero attached hydrogens (tertiary/aromatic N) is 1. The summed E-state index contributed by atoms with van der Waals surface area (Å²) in [5, 5.41) is 10.0. The van der Waals surface area contributed by atoms with Crippen molar-refractivity contribution >= 4 is 0 Å². The largest absolute Gasteiger partial charge is 0.390 e. The fraction of sp³-hybridized carbons (Fsp3) is 0.692. The Bertz CT molecular complexity index is 582. The summed E-state index contributed by atoms with van der Waals surface area (Å²) in [5.41, 5.74) is -0.580. The molecule has 1 aromatic rings. The van der Waals surface area contributed by atoms with Crippen LogP contribution in [0.25, 0.3) is 0 Å². The number of aliphatic hydroxyl groups is 1. The molecule has 0 aromatic carbocycles. The minimum absolute atomic E-state index is 0.245. The van der Waals surface area contributed by atoms with Crippen LogP contribution in [-0.2, 0) is 4.74 Å². The fourth-order valence-corrected chi connectivity index (χ4v) is 2.19. The molecule has 1 aromatic heterocycles. The third-order valence-electron chi connectivity index (χ3n) is 3.28. The van der Waals surface area contributed by atoms with E-state index in [2.05, 4.69) is 4.98 Å². The number of aromatic nitrogens is 2. The summed E-state index contributed by atoms with van der Waals surface area (Å²) in [5.74, 6) is 0. The lowest BCUT2D eigenvalue weighted by Gasteiger charge is -2.16. The second-order valence-corrected chi connectivity index (χ2v) is 4.86. The molecule has 0 spiro atoms. The molecule has 1 aliphatic rings. The molecule has 2 N–H and O–H groups in total. The van der Waals surface area contributed by atoms with Crippen molar-refractivity contribution in [3.8, 4) is 0 Å². The molecule has 1 aliphatic heterocycles. The number of hydrogen-bond donors (Lipinski definition) is 2. The van der Waals surface area contributed by atoms with Crippen LogP contribution in [0.5, 0.6) is 0 Å². The molecule has 1 fully saturated rings. The molecule has 1 saturated heterocycles. The molecule has 0 amide bonds. The summed E-state index contributed by atoms with van der Waals surface area (Å²) in [4.78, 5) is 25.3. The molecule has 0 saturated carbocycles. The number of aromatic amines is 1. The van der Waals surface area contributed by atoms with Gasteiger partial charge in [0, 0.05) is 19.6 Å². The molecule has 2 heterocycles. The highest BCUT2D eigenvalue weighted by Crippen LogP contribution is 2.30. The maximum absolute atomic E-state index is 11.8. The molecule has 0 bridgehead atoms. The van der Waals surface area contributed by atoms with Gasteiger partial charge in [0.15, 0.2) is 0 Å². The van der Waals surface area contributed by atoms with Crippen LogP contribution in [0, 0.1) is 6.92 Å². The predicted octanol–water partition coefficient (Wildman–Crippen LogP) is 0.684. The van der Waals surface area contributed by atoms with Gasteiger partial charge in [-0.1, -0.05) is 19.8 Å². The molecule has 0 unspecified atom stereocenters. The van der Waals surface area contributed by atoms with Crippen molar-refractivity contribution in [1.82, 2.24) is 9.55 Å². The average molecular weight is 269 g/mol. The summed E-state index contributed by atoms with van der Waals surface area (Å²) in [6.07, 6.45) is 0.626. The Labute approximate surface area is 112 Å². The van der Waals surface area contributed by atoms with Gasteiger partial charge in [0.05, 0.1) is 12.2 Å². The predicted molar refractivity (Wildman–Crippen MR) is 70.1 cm³/mol. The van der Waals surface area contributed by atoms with Crippen LogP contribution in [0.15, 0.2) is 15.8 Å². The Morgan fingerprint density at radius 1 is 1.63 bits per heavy atom. The van der Waals surface area contributed by atoms with Crippen molar-refractivity contribution in [3.05, 3.63) is 32.6 Å². The number of H-pyrrole nitrogens is 1. The van der Waals surface area contributed by atoms with E-state index in [-0.39, 0.29) is 6.42 Å². The van der Waals surface area contributed by atoms with Gasteiger partial charge in [0.1, 0.15) is 6.23 Å². The molecule has 6 heteroatoms. The Kier molecular flexibility index (Phi) is 3.79. The zero-order valence-corrected chi connectivity index (χ0v) is 11.1. The van der Waals surface area contributed by atoms with Gasteiger partial charge in [-0.25, -0.2) is 4.79 Å². The lowest BCUT2D eigenvalue weighted by molar-refractivity contribution is -0.0251. The molecule has 4 atom stereocenters. The van der Waals surface area contributed by atoms with Gasteiger partial charge < -0.3 is 9.84 Å². The molecular formula is C13H20N2O4. The minimum atomic E-state index is -0.770. The maximum atomic E-state index is 11.8. The van der Waals surface area contributed by atoms with E-state index in [1.807, 2.05) is 6.92 Å². The molecule has 0 radical (unpaired) electrons. The first-order valence-electron chi connectivity index (χ1n) is 7.09. The monoisotopic (exact) mass is 269 g/mol. The number of rotatable bonds is 4. The van der Waals surface area contributed by atoms with Gasteiger partial charge in [-0.3, -0.25) is 14.3 Å². The van der Waals surface area contributed by atoms with E-state index in [4.69, 9.17) is 6.11 Å². The van der Waals surface area contributed by atoms with Crippen molar-refractivity contribution in [3.63, 3.8) is 0 Å². The Morgan fingerprint density at radius 2 is 2.37 bits per heavy atom. The lowest BCUT2D eigenvalue weighted by Crippen LogP contribution is -2.33. The van der Waals surface area contributed by atoms with E-state index in [1.165, 1.54) is 10.8 Å². The van der Waals surface area contributed by atoms with Gasteiger partial charge in [0.2, 0.25) is 0 Å². The standard InChI is InChI=1S/C13H20N2O4/c1-3-4-5-10-9(16)6-11(19-10)15-7-8(2)12(17)14-13(15)18/h7,9-11,16H,3-6H2,1-2H3,(H,14,17,18)/t9-,10+,11+/m0/s1/i5D/t5-,9+,10-,11-/m1. The highest BCUT2D eigenvalue weighted by atomic mass is 16.5. The van der Waals surface area contributed by atoms with Gasteiger partial charge >= 0.3 is 5.69 Å². The van der Waals surface area contributed by atoms with Crippen molar-refractivity contribution in [1.29, 1.82) is 0 Å². The third-order valence-corrected chi connectivity index (χ3v) is 3.28. The Morgan fingerprint density at radius 3 is 3.05 bits per heavy atom. The van der Waals surface area contributed by atoms with E-state index in [0.717, 1.165) is 6.42 Å². The van der Waals surface area contributed by atoms with Crippen LogP contribution in [-0.4, -0.2) is 26.9 Å². The van der Waals surface area contributed by atoms with Gasteiger partial charge in [0.25, 0.3) is 5.56 Å². The van der Waals surface area contributed by atoms with E-state index in [0.29, 0.717) is 12.0 Å². The topological polar surface area (TPSA) is 84.3 Å². The summed E-state index contributed by atoms with van der Waals surface area (Å²) < 4.78 is 14.9. The zero-order chi connectivity index (χ0) is 14.9. The molecule has 0 aliphatic carbocycles. The quantitative estimate of drug-likeness (QED) is 0.842. The highest BCUT2D eigenvalue weighted by Gasteiger charge is 2.34. The minimum Gasteiger partial charge on any atom is -0.390 e. The normalized spacial score (nSPS) is 29.2. The smallest absolute Gasteiger partial charge is 0.330 e. The molecule has 2 rings (SSSR count). The summed E-state index contributed by atoms with van der Waals surface area (Å²) in [7, 11) is 0. The van der Waals surface area contributed by atoms with Crippen LogP contribution in [0.4, 0.5) is 0 Å². The third kappa shape index (κ3) is 2.96. The fourth-order valence-electron chi connectivity index (χ4n) is 2.19. The van der Waals surface area contributed by atoms with Crippen LogP contribution in [0.3, 0.4) is 0 Å². The summed E-state index contributed by atoms with van der Waals surface area (Å²) in [6.45, 7) is 3.57. The number of aryl methyl sites for hydroxylation is 1. The average Bonchev–Trinajstić information content (AvgIpc) is 2.76. The van der Waals surface area contributed by atoms with Crippen molar-refractivity contribution in [2.45, 2.75) is 57.9 Å². The van der Waals surface area contributed by atoms with Crippen molar-refractivity contribution in [2.75, 3.05) is 0 Å². The SMILES string of the molecule is [2H][C@H](CCC)[C@H]1O[C@@H](n2cc(C)c(=O)[nH]c2=O)C[C@@H]1O. The highest BCUT2D eigenvalue weighted by molar-refractivity contribution is 5.02. The van der Waals surface area contributed by atoms with Crippen molar-refractivity contribution < 1.29 is 11.2 Å². The first-order chi connectivity index (χ1) is 9.43. The van der Waals surface area contributed by atoms with Gasteiger partial charge in [-0.15, -0.1) is 0 Å². The second kappa shape index (κ2) is 5.71. The van der Waals surface area contributed by atoms with E-state index < -0.39 is 36.1 Å². The number of hydrogen-bond acceptors (Lipinski definition) is 4. The molecule has 6 nitrogen and oxygen atoms in total. The van der Waals surface area contributed by atoms with Crippen LogP contribution < -0.4 is 11.2 Å². The molecule has 19 heavy (non-hydrogen) atoms. The number of ether oxygens (including phenoxy) is 1. The Hall–Kier alpha value is -1.40.